The molecule has 0 amide bonds. The highest BCUT2D eigenvalue weighted by molar-refractivity contribution is 5.55. The molecule has 0 spiro atoms. The van der Waals surface area contributed by atoms with Crippen LogP contribution in [0.3, 0.4) is 0 Å². The average molecular weight is 190 g/mol. The predicted octanol–water partition coefficient (Wildman–Crippen LogP) is 2.38. The van der Waals surface area contributed by atoms with Crippen molar-refractivity contribution in [3.8, 4) is 5.75 Å². The topological polar surface area (TPSA) is 37.5 Å². The molecule has 2 rings (SSSR count). The zero-order valence-corrected chi connectivity index (χ0v) is 8.27. The van der Waals surface area contributed by atoms with Crippen LogP contribution >= 0.6 is 0 Å². The summed E-state index contributed by atoms with van der Waals surface area (Å²) in [5.74, 6) is 0.285. The average Bonchev–Trinajstić information content (AvgIpc) is 2.61. The summed E-state index contributed by atoms with van der Waals surface area (Å²) < 4.78 is 1.72. The number of aromatic hydroxyl groups is 1. The van der Waals surface area contributed by atoms with Gasteiger partial charge in [-0.1, -0.05) is 13.3 Å². The minimum absolute atomic E-state index is 0.285. The molecule has 0 saturated heterocycles. The van der Waals surface area contributed by atoms with Crippen LogP contribution < -0.4 is 0 Å². The zero-order chi connectivity index (χ0) is 9.97. The molecular weight excluding hydrogens is 176 g/mol. The van der Waals surface area contributed by atoms with Crippen molar-refractivity contribution in [2.75, 3.05) is 0 Å². The van der Waals surface area contributed by atoms with Crippen LogP contribution in [-0.4, -0.2) is 14.7 Å². The molecule has 3 heteroatoms. The Balaban J connectivity index is 2.44. The third-order valence-corrected chi connectivity index (χ3v) is 2.38. The molecule has 0 atom stereocenters. The third kappa shape index (κ3) is 1.58. The second-order valence-electron chi connectivity index (χ2n) is 3.49. The van der Waals surface area contributed by atoms with Gasteiger partial charge < -0.3 is 5.11 Å². The van der Waals surface area contributed by atoms with Gasteiger partial charge in [-0.25, -0.2) is 4.52 Å². The molecule has 2 heterocycles. The molecule has 1 N–H and O–H groups in total. The maximum Gasteiger partial charge on any atom is 0.134 e. The minimum atomic E-state index is 0.285. The zero-order valence-electron chi connectivity index (χ0n) is 8.27. The summed E-state index contributed by atoms with van der Waals surface area (Å²) in [6.45, 7) is 2.16. The Kier molecular flexibility index (Phi) is 2.39. The number of hydrogen-bond donors (Lipinski definition) is 1. The number of unbranched alkanes of at least 4 members (excludes halogenated alkanes) is 1. The SMILES string of the molecule is CCCCc1cc(O)cn2nccc12. The third-order valence-electron chi connectivity index (χ3n) is 2.38. The second-order valence-corrected chi connectivity index (χ2v) is 3.49. The molecule has 0 aliphatic rings. The standard InChI is InChI=1S/C11H14N2O/c1-2-3-4-9-7-10(14)8-13-11(9)5-6-12-13/h5-8,14H,2-4H2,1H3. The van der Waals surface area contributed by atoms with E-state index in [0.29, 0.717) is 0 Å². The quantitative estimate of drug-likeness (QED) is 0.806. The Hall–Kier alpha value is -1.51. The molecule has 0 radical (unpaired) electrons. The first-order chi connectivity index (χ1) is 6.81. The van der Waals surface area contributed by atoms with Crippen molar-refractivity contribution in [2.24, 2.45) is 0 Å². The molecule has 2 aromatic rings. The summed E-state index contributed by atoms with van der Waals surface area (Å²) in [6, 6.07) is 3.80. The van der Waals surface area contributed by atoms with Gasteiger partial charge in [-0.15, -0.1) is 0 Å². The Bertz CT molecular complexity index is 434. The lowest BCUT2D eigenvalue weighted by molar-refractivity contribution is 0.469. The first-order valence-corrected chi connectivity index (χ1v) is 4.96. The monoisotopic (exact) mass is 190 g/mol. The number of rotatable bonds is 3. The van der Waals surface area contributed by atoms with Gasteiger partial charge in [0.15, 0.2) is 0 Å². The molecule has 0 aliphatic carbocycles. The van der Waals surface area contributed by atoms with Crippen LogP contribution in [-0.2, 0) is 6.42 Å². The van der Waals surface area contributed by atoms with Crippen molar-refractivity contribution in [2.45, 2.75) is 26.2 Å². The van der Waals surface area contributed by atoms with Crippen molar-refractivity contribution in [1.29, 1.82) is 0 Å². The van der Waals surface area contributed by atoms with Crippen molar-refractivity contribution in [1.82, 2.24) is 9.61 Å². The van der Waals surface area contributed by atoms with E-state index in [1.54, 1.807) is 16.9 Å². The van der Waals surface area contributed by atoms with Crippen molar-refractivity contribution in [3.05, 3.63) is 30.1 Å². The fraction of sp³-hybridized carbons (Fsp3) is 0.364. The van der Waals surface area contributed by atoms with Gasteiger partial charge in [0.2, 0.25) is 0 Å². The minimum Gasteiger partial charge on any atom is -0.506 e. The fourth-order valence-corrected chi connectivity index (χ4v) is 1.65. The summed E-state index contributed by atoms with van der Waals surface area (Å²) in [4.78, 5) is 0. The number of hydrogen-bond acceptors (Lipinski definition) is 2. The lowest BCUT2D eigenvalue weighted by Gasteiger charge is -2.04. The Morgan fingerprint density at radius 2 is 2.36 bits per heavy atom. The van der Waals surface area contributed by atoms with Gasteiger partial charge >= 0.3 is 0 Å². The van der Waals surface area contributed by atoms with E-state index >= 15 is 0 Å². The van der Waals surface area contributed by atoms with Gasteiger partial charge in [0.1, 0.15) is 5.75 Å². The lowest BCUT2D eigenvalue weighted by Crippen LogP contribution is -1.92. The first-order valence-electron chi connectivity index (χ1n) is 4.96. The molecule has 74 valence electrons. The predicted molar refractivity (Wildman–Crippen MR) is 55.5 cm³/mol. The molecule has 0 fully saturated rings. The number of pyridine rings is 1. The number of nitrogens with zero attached hydrogens (tertiary/aromatic N) is 2. The van der Waals surface area contributed by atoms with Gasteiger partial charge in [-0.2, -0.15) is 5.10 Å². The molecule has 0 bridgehead atoms. The highest BCUT2D eigenvalue weighted by atomic mass is 16.3. The van der Waals surface area contributed by atoms with Crippen LogP contribution in [0.4, 0.5) is 0 Å². The molecule has 0 aliphatic heterocycles. The highest BCUT2D eigenvalue weighted by Gasteiger charge is 2.03. The van der Waals surface area contributed by atoms with Crippen LogP contribution in [0.5, 0.6) is 5.75 Å². The molecule has 0 unspecified atom stereocenters. The van der Waals surface area contributed by atoms with Crippen LogP contribution in [0.25, 0.3) is 5.52 Å². The first kappa shape index (κ1) is 9.06. The maximum absolute atomic E-state index is 9.47. The van der Waals surface area contributed by atoms with Crippen LogP contribution in [0.15, 0.2) is 24.5 Å². The molecular formula is C11H14N2O. The number of fused-ring (bicyclic) bond motifs is 1. The summed E-state index contributed by atoms with van der Waals surface area (Å²) in [5.41, 5.74) is 2.26. The largest absolute Gasteiger partial charge is 0.506 e. The smallest absolute Gasteiger partial charge is 0.134 e. The van der Waals surface area contributed by atoms with E-state index in [1.807, 2.05) is 12.1 Å². The van der Waals surface area contributed by atoms with E-state index in [0.717, 1.165) is 24.8 Å². The maximum atomic E-state index is 9.47. The van der Waals surface area contributed by atoms with E-state index in [4.69, 9.17) is 0 Å². The summed E-state index contributed by atoms with van der Waals surface area (Å²) in [7, 11) is 0. The fourth-order valence-electron chi connectivity index (χ4n) is 1.65. The molecule has 3 nitrogen and oxygen atoms in total. The van der Waals surface area contributed by atoms with Gasteiger partial charge in [0.05, 0.1) is 11.7 Å². The molecule has 2 aromatic heterocycles. The Morgan fingerprint density at radius 1 is 1.50 bits per heavy atom. The molecule has 0 saturated carbocycles. The van der Waals surface area contributed by atoms with Crippen LogP contribution in [0, 0.1) is 0 Å². The van der Waals surface area contributed by atoms with Crippen molar-refractivity contribution < 1.29 is 5.11 Å². The molecule has 0 aromatic carbocycles. The van der Waals surface area contributed by atoms with Crippen molar-refractivity contribution in [3.63, 3.8) is 0 Å². The van der Waals surface area contributed by atoms with E-state index in [1.165, 1.54) is 5.56 Å². The van der Waals surface area contributed by atoms with E-state index in [9.17, 15) is 5.11 Å². The normalized spacial score (nSPS) is 10.9. The lowest BCUT2D eigenvalue weighted by atomic mass is 10.1. The molecule has 14 heavy (non-hydrogen) atoms. The number of aromatic nitrogens is 2. The van der Waals surface area contributed by atoms with Crippen LogP contribution in [0.2, 0.25) is 0 Å². The van der Waals surface area contributed by atoms with Gasteiger partial charge in [0.25, 0.3) is 0 Å². The van der Waals surface area contributed by atoms with Gasteiger partial charge in [-0.05, 0) is 30.5 Å². The van der Waals surface area contributed by atoms with Gasteiger partial charge in [0, 0.05) is 6.20 Å². The number of aryl methyl sites for hydroxylation is 1. The Morgan fingerprint density at radius 3 is 3.14 bits per heavy atom. The van der Waals surface area contributed by atoms with Gasteiger partial charge in [-0.3, -0.25) is 0 Å². The second kappa shape index (κ2) is 3.70. The van der Waals surface area contributed by atoms with E-state index in [2.05, 4.69) is 12.0 Å². The van der Waals surface area contributed by atoms with Crippen LogP contribution in [0.1, 0.15) is 25.3 Å². The van der Waals surface area contributed by atoms with E-state index < -0.39 is 0 Å². The summed E-state index contributed by atoms with van der Waals surface area (Å²) in [6.07, 6.45) is 6.69. The summed E-state index contributed by atoms with van der Waals surface area (Å²) >= 11 is 0. The highest BCUT2D eigenvalue weighted by Crippen LogP contribution is 2.19. The summed E-state index contributed by atoms with van der Waals surface area (Å²) in [5, 5.41) is 13.6. The van der Waals surface area contributed by atoms with E-state index in [-0.39, 0.29) is 5.75 Å². The Labute approximate surface area is 83.0 Å². The van der Waals surface area contributed by atoms with Crippen molar-refractivity contribution >= 4 is 5.52 Å².